The van der Waals surface area contributed by atoms with Crippen molar-refractivity contribution in [2.45, 2.75) is 406 Å². The molecule has 0 saturated heterocycles. The van der Waals surface area contributed by atoms with Gasteiger partial charge in [-0.2, -0.15) is 0 Å². The van der Waals surface area contributed by atoms with E-state index in [0.717, 1.165) is 95.8 Å². The molecule has 552 valence electrons. The van der Waals surface area contributed by atoms with Crippen molar-refractivity contribution in [2.24, 2.45) is 5.92 Å². The molecule has 2 unspecified atom stereocenters. The zero-order valence-electron chi connectivity index (χ0n) is 60.4. The Hall–Kier alpha value is -1.94. The third-order valence-corrected chi connectivity index (χ3v) is 19.2. The first-order valence-corrected chi connectivity index (χ1v) is 41.6. The Bertz CT molecular complexity index is 1790. The van der Waals surface area contributed by atoms with E-state index in [1.807, 2.05) is 0 Å². The van der Waals surface area contributed by atoms with Crippen LogP contribution in [-0.4, -0.2) is 96.7 Å². The highest BCUT2D eigenvalue weighted by Crippen LogP contribution is 2.45. The Morgan fingerprint density at radius 1 is 0.290 bits per heavy atom. The van der Waals surface area contributed by atoms with Crippen LogP contribution in [0.4, 0.5) is 0 Å². The summed E-state index contributed by atoms with van der Waals surface area (Å²) in [7, 11) is -9.90. The molecule has 3 N–H and O–H groups in total. The lowest BCUT2D eigenvalue weighted by atomic mass is 10.0. The van der Waals surface area contributed by atoms with Gasteiger partial charge in [0.25, 0.3) is 0 Å². The number of phosphoric ester groups is 2. The van der Waals surface area contributed by atoms with Crippen LogP contribution in [0.1, 0.15) is 388 Å². The molecule has 0 fully saturated rings. The molecule has 0 saturated carbocycles. The molecule has 0 heterocycles. The molecule has 0 aromatic heterocycles. The quantitative estimate of drug-likeness (QED) is 0.0222. The van der Waals surface area contributed by atoms with Crippen molar-refractivity contribution in [2.75, 3.05) is 39.6 Å². The van der Waals surface area contributed by atoms with Crippen LogP contribution in [0.5, 0.6) is 0 Å². The van der Waals surface area contributed by atoms with Crippen LogP contribution >= 0.6 is 15.6 Å². The van der Waals surface area contributed by atoms with Crippen LogP contribution < -0.4 is 0 Å². The zero-order chi connectivity index (χ0) is 68.4. The van der Waals surface area contributed by atoms with Crippen LogP contribution in [0, 0.1) is 5.92 Å². The predicted molar refractivity (Wildman–Crippen MR) is 377 cm³/mol. The lowest BCUT2D eigenvalue weighted by Gasteiger charge is -2.21. The Balaban J connectivity index is 5.21. The summed E-state index contributed by atoms with van der Waals surface area (Å²) in [6.45, 7) is 7.30. The fraction of sp³-hybridized carbons (Fsp3) is 0.946. The van der Waals surface area contributed by atoms with E-state index in [4.69, 9.17) is 37.0 Å². The van der Waals surface area contributed by atoms with Gasteiger partial charge in [0.05, 0.1) is 26.4 Å². The number of unbranched alkanes of at least 4 members (excludes halogenated alkanes) is 46. The molecule has 0 aliphatic heterocycles. The smallest absolute Gasteiger partial charge is 0.462 e. The lowest BCUT2D eigenvalue weighted by molar-refractivity contribution is -0.161. The van der Waals surface area contributed by atoms with Crippen molar-refractivity contribution >= 4 is 39.5 Å². The van der Waals surface area contributed by atoms with Crippen molar-refractivity contribution < 1.29 is 80.2 Å². The third kappa shape index (κ3) is 68.4. The zero-order valence-corrected chi connectivity index (χ0v) is 62.2. The number of hydrogen-bond donors (Lipinski definition) is 3. The molecule has 0 bridgehead atoms. The van der Waals surface area contributed by atoms with Gasteiger partial charge >= 0.3 is 39.5 Å². The molecule has 17 nitrogen and oxygen atoms in total. The van der Waals surface area contributed by atoms with E-state index in [1.54, 1.807) is 0 Å². The number of aliphatic hydroxyl groups is 1. The van der Waals surface area contributed by atoms with Crippen LogP contribution in [-0.2, 0) is 65.4 Å². The number of ether oxygens (including phenoxy) is 4. The summed E-state index contributed by atoms with van der Waals surface area (Å²) in [4.78, 5) is 72.7. The number of carbonyl (C=O) groups is 4. The summed E-state index contributed by atoms with van der Waals surface area (Å²) >= 11 is 0. The normalized spacial score (nSPS) is 14.0. The van der Waals surface area contributed by atoms with Crippen molar-refractivity contribution in [3.05, 3.63) is 0 Å². The summed E-state index contributed by atoms with van der Waals surface area (Å²) in [5.41, 5.74) is 0. The minimum absolute atomic E-state index is 0.108. The van der Waals surface area contributed by atoms with Gasteiger partial charge < -0.3 is 33.8 Å². The molecule has 0 amide bonds. The van der Waals surface area contributed by atoms with Crippen molar-refractivity contribution in [3.8, 4) is 0 Å². The molecule has 93 heavy (non-hydrogen) atoms. The number of carbonyl (C=O) groups excluding carboxylic acids is 4. The van der Waals surface area contributed by atoms with E-state index in [2.05, 4.69) is 34.6 Å². The van der Waals surface area contributed by atoms with Gasteiger partial charge in [-0.05, 0) is 31.6 Å². The number of hydrogen-bond acceptors (Lipinski definition) is 15. The van der Waals surface area contributed by atoms with E-state index < -0.39 is 97.5 Å². The van der Waals surface area contributed by atoms with Crippen LogP contribution in [0.3, 0.4) is 0 Å². The first-order valence-electron chi connectivity index (χ1n) is 38.6. The largest absolute Gasteiger partial charge is 0.472 e. The summed E-state index contributed by atoms with van der Waals surface area (Å²) in [5, 5.41) is 10.6. The molecule has 19 heteroatoms. The van der Waals surface area contributed by atoms with Gasteiger partial charge in [0.2, 0.25) is 0 Å². The molecular formula is C74H144O17P2. The Labute approximate surface area is 568 Å². The monoisotopic (exact) mass is 1370 g/mol. The van der Waals surface area contributed by atoms with E-state index in [-0.39, 0.29) is 25.7 Å². The summed E-state index contributed by atoms with van der Waals surface area (Å²) in [6, 6.07) is 0. The van der Waals surface area contributed by atoms with Gasteiger partial charge in [0, 0.05) is 25.7 Å². The van der Waals surface area contributed by atoms with Crippen LogP contribution in [0.2, 0.25) is 0 Å². The molecule has 0 aromatic rings. The fourth-order valence-electron chi connectivity index (χ4n) is 11.4. The summed E-state index contributed by atoms with van der Waals surface area (Å²) < 4.78 is 68.4. The van der Waals surface area contributed by atoms with Crippen LogP contribution in [0.25, 0.3) is 0 Å². The van der Waals surface area contributed by atoms with Gasteiger partial charge in [0.15, 0.2) is 12.2 Å². The lowest BCUT2D eigenvalue weighted by Crippen LogP contribution is -2.30. The van der Waals surface area contributed by atoms with Gasteiger partial charge in [-0.3, -0.25) is 37.3 Å². The van der Waals surface area contributed by atoms with Crippen molar-refractivity contribution in [1.82, 2.24) is 0 Å². The van der Waals surface area contributed by atoms with Gasteiger partial charge in [-0.25, -0.2) is 9.13 Å². The van der Waals surface area contributed by atoms with Crippen molar-refractivity contribution in [1.29, 1.82) is 0 Å². The average molecular weight is 1370 g/mol. The van der Waals surface area contributed by atoms with Gasteiger partial charge in [-0.1, -0.05) is 336 Å². The maximum Gasteiger partial charge on any atom is 0.472 e. The molecule has 0 spiro atoms. The summed E-state index contributed by atoms with van der Waals surface area (Å²) in [6.07, 6.45) is 55.3. The van der Waals surface area contributed by atoms with E-state index >= 15 is 0 Å². The first kappa shape index (κ1) is 91.1. The second kappa shape index (κ2) is 67.3. The molecule has 0 radical (unpaired) electrons. The Kier molecular flexibility index (Phi) is 65.9. The molecule has 0 aliphatic rings. The number of rotatable bonds is 74. The van der Waals surface area contributed by atoms with E-state index in [1.165, 1.54) is 212 Å². The molecular weight excluding hydrogens is 1220 g/mol. The summed E-state index contributed by atoms with van der Waals surface area (Å²) in [5.74, 6) is -1.31. The number of esters is 4. The minimum Gasteiger partial charge on any atom is -0.462 e. The van der Waals surface area contributed by atoms with Gasteiger partial charge in [0.1, 0.15) is 19.3 Å². The highest BCUT2D eigenvalue weighted by Gasteiger charge is 2.30. The van der Waals surface area contributed by atoms with Crippen molar-refractivity contribution in [3.63, 3.8) is 0 Å². The van der Waals surface area contributed by atoms with E-state index in [9.17, 15) is 43.2 Å². The molecule has 0 rings (SSSR count). The molecule has 5 atom stereocenters. The van der Waals surface area contributed by atoms with Crippen LogP contribution in [0.15, 0.2) is 0 Å². The maximum absolute atomic E-state index is 13.1. The highest BCUT2D eigenvalue weighted by atomic mass is 31.2. The second-order valence-electron chi connectivity index (χ2n) is 27.2. The average Bonchev–Trinajstić information content (AvgIpc) is 3.11. The van der Waals surface area contributed by atoms with Gasteiger partial charge in [-0.15, -0.1) is 0 Å². The number of phosphoric acid groups is 2. The minimum atomic E-state index is -4.95. The standard InChI is InChI=1S/C74H144O17P2/c1-6-9-12-15-18-21-24-33-38-43-48-53-58-72(77)85-64-70(91-74(79)60-55-50-45-40-35-31-29-27-26-28-30-32-36-41-46-51-56-67(4)5)66-89-93(82,83)87-62-68(75)61-86-92(80,81)88-65-69(63-84-71(76)57-52-47-42-37-23-20-17-14-11-8-3)90-73(78)59-54-49-44-39-34-25-22-19-16-13-10-7-2/h67-70,75H,6-66H2,1-5H3,(H,80,81)(H,82,83)/t68-,69+,70+/m0/s1. The first-order chi connectivity index (χ1) is 45.0. The number of aliphatic hydroxyl groups excluding tert-OH is 1. The third-order valence-electron chi connectivity index (χ3n) is 17.3. The molecule has 0 aromatic carbocycles. The highest BCUT2D eigenvalue weighted by molar-refractivity contribution is 7.47. The fourth-order valence-corrected chi connectivity index (χ4v) is 12.9. The molecule has 0 aliphatic carbocycles. The predicted octanol–water partition coefficient (Wildman–Crippen LogP) is 21.7. The van der Waals surface area contributed by atoms with E-state index in [0.29, 0.717) is 25.7 Å². The maximum atomic E-state index is 13.1. The topological polar surface area (TPSA) is 237 Å². The second-order valence-corrected chi connectivity index (χ2v) is 30.1. The SMILES string of the molecule is CCCCCCCCCCCCCCC(=O)OC[C@H](COP(=O)(O)OC[C@@H](O)COP(=O)(O)OC[C@@H](COC(=O)CCCCCCCCCCCC)OC(=O)CCCCCCCCCCCCCC)OC(=O)CCCCCCCCCCCCCCCCCCC(C)C. The Morgan fingerprint density at radius 3 is 0.731 bits per heavy atom. The Morgan fingerprint density at radius 2 is 0.495 bits per heavy atom.